The van der Waals surface area contributed by atoms with E-state index in [2.05, 4.69) is 0 Å². The zero-order valence-electron chi connectivity index (χ0n) is 15.2. The van der Waals surface area contributed by atoms with Crippen LogP contribution in [0.4, 0.5) is 5.69 Å². The molecule has 0 radical (unpaired) electrons. The van der Waals surface area contributed by atoms with Crippen molar-refractivity contribution >= 4 is 57.6 Å². The van der Waals surface area contributed by atoms with E-state index in [9.17, 15) is 4.79 Å². The molecule has 1 aromatic heterocycles. The predicted molar refractivity (Wildman–Crippen MR) is 121 cm³/mol. The topological polar surface area (TPSA) is 33.5 Å². The molecule has 4 rings (SSSR count). The summed E-state index contributed by atoms with van der Waals surface area (Å²) in [5.41, 5.74) is 3.78. The van der Waals surface area contributed by atoms with Crippen molar-refractivity contribution in [1.82, 2.24) is 0 Å². The SMILES string of the molecule is Cc1ccc(N2C(=O)/C(=C\c3ccc(-c4ccccc4Cl)o3)SC2=S)c(C)c1. The molecule has 0 spiro atoms. The van der Waals surface area contributed by atoms with E-state index in [1.165, 1.54) is 11.8 Å². The number of rotatable bonds is 3. The number of benzene rings is 2. The highest BCUT2D eigenvalue weighted by Crippen LogP contribution is 2.38. The third kappa shape index (κ3) is 3.53. The molecule has 0 bridgehead atoms. The number of hydrogen-bond donors (Lipinski definition) is 0. The minimum atomic E-state index is -0.141. The molecule has 0 saturated carbocycles. The van der Waals surface area contributed by atoms with E-state index < -0.39 is 0 Å². The highest BCUT2D eigenvalue weighted by Gasteiger charge is 2.34. The molecule has 1 aliphatic rings. The first kappa shape index (κ1) is 19.0. The number of nitrogens with zero attached hydrogens (tertiary/aromatic N) is 1. The Hall–Kier alpha value is -2.34. The highest BCUT2D eigenvalue weighted by atomic mass is 35.5. The Bertz CT molecular complexity index is 1130. The van der Waals surface area contributed by atoms with Crippen molar-refractivity contribution in [3.8, 4) is 11.3 Å². The van der Waals surface area contributed by atoms with Gasteiger partial charge in [-0.1, -0.05) is 65.4 Å². The van der Waals surface area contributed by atoms with Crippen LogP contribution in [0, 0.1) is 13.8 Å². The first-order valence-corrected chi connectivity index (χ1v) is 10.2. The summed E-state index contributed by atoms with van der Waals surface area (Å²) in [7, 11) is 0. The van der Waals surface area contributed by atoms with Crippen molar-refractivity contribution in [3.05, 3.63) is 81.4 Å². The lowest BCUT2D eigenvalue weighted by atomic mass is 10.1. The van der Waals surface area contributed by atoms with Gasteiger partial charge >= 0.3 is 0 Å². The van der Waals surface area contributed by atoms with Gasteiger partial charge in [0, 0.05) is 11.6 Å². The van der Waals surface area contributed by atoms with Gasteiger partial charge < -0.3 is 4.42 Å². The van der Waals surface area contributed by atoms with Gasteiger partial charge in [0.2, 0.25) is 0 Å². The third-order valence-electron chi connectivity index (χ3n) is 4.43. The molecule has 6 heteroatoms. The fourth-order valence-electron chi connectivity index (χ4n) is 3.10. The average Bonchev–Trinajstić information content (AvgIpc) is 3.21. The Morgan fingerprint density at radius 2 is 1.89 bits per heavy atom. The molecule has 140 valence electrons. The summed E-state index contributed by atoms with van der Waals surface area (Å²) in [5, 5.41) is 0.615. The Labute approximate surface area is 178 Å². The second kappa shape index (κ2) is 7.59. The lowest BCUT2D eigenvalue weighted by Crippen LogP contribution is -2.28. The number of furan rings is 1. The van der Waals surface area contributed by atoms with E-state index in [0.717, 1.165) is 22.4 Å². The van der Waals surface area contributed by atoms with Gasteiger partial charge in [-0.2, -0.15) is 0 Å². The van der Waals surface area contributed by atoms with Gasteiger partial charge in [-0.25, -0.2) is 0 Å². The number of anilines is 1. The Kier molecular flexibility index (Phi) is 5.15. The van der Waals surface area contributed by atoms with E-state index >= 15 is 0 Å². The number of thiocarbonyl (C=S) groups is 1. The van der Waals surface area contributed by atoms with Gasteiger partial charge in [-0.05, 0) is 49.7 Å². The molecule has 2 heterocycles. The number of halogens is 1. The number of thioether (sulfide) groups is 1. The van der Waals surface area contributed by atoms with Crippen molar-refractivity contribution in [1.29, 1.82) is 0 Å². The van der Waals surface area contributed by atoms with Crippen LogP contribution < -0.4 is 4.90 Å². The summed E-state index contributed by atoms with van der Waals surface area (Å²) in [6, 6.07) is 17.1. The summed E-state index contributed by atoms with van der Waals surface area (Å²) in [5.74, 6) is 1.09. The summed E-state index contributed by atoms with van der Waals surface area (Å²) in [6.07, 6.45) is 1.73. The van der Waals surface area contributed by atoms with Gasteiger partial charge in [-0.3, -0.25) is 9.69 Å². The van der Waals surface area contributed by atoms with E-state index in [0.29, 0.717) is 25.8 Å². The monoisotopic (exact) mass is 425 g/mol. The quantitative estimate of drug-likeness (QED) is 0.348. The fraction of sp³-hybridized carbons (Fsp3) is 0.0909. The Morgan fingerprint density at radius 3 is 2.64 bits per heavy atom. The number of carbonyl (C=O) groups is 1. The van der Waals surface area contributed by atoms with Gasteiger partial charge in [0.15, 0.2) is 4.32 Å². The lowest BCUT2D eigenvalue weighted by Gasteiger charge is -2.17. The molecule has 0 unspecified atom stereocenters. The van der Waals surface area contributed by atoms with E-state index in [1.807, 2.05) is 68.4 Å². The first-order chi connectivity index (χ1) is 13.4. The fourth-order valence-corrected chi connectivity index (χ4v) is 4.59. The van der Waals surface area contributed by atoms with Gasteiger partial charge in [0.05, 0.1) is 15.6 Å². The van der Waals surface area contributed by atoms with Crippen molar-refractivity contribution in [2.45, 2.75) is 13.8 Å². The molecule has 2 aromatic carbocycles. The number of hydrogen-bond acceptors (Lipinski definition) is 4. The van der Waals surface area contributed by atoms with Crippen LogP contribution >= 0.6 is 35.6 Å². The number of amides is 1. The zero-order chi connectivity index (χ0) is 19.8. The highest BCUT2D eigenvalue weighted by molar-refractivity contribution is 8.27. The Morgan fingerprint density at radius 1 is 1.11 bits per heavy atom. The standard InChI is InChI=1S/C22H16ClNO2S2/c1-13-7-9-18(14(2)11-13)24-21(25)20(28-22(24)27)12-15-8-10-19(26-15)16-5-3-4-6-17(16)23/h3-12H,1-2H3/b20-12+. The van der Waals surface area contributed by atoms with Gasteiger partial charge in [0.25, 0.3) is 5.91 Å². The van der Waals surface area contributed by atoms with Crippen molar-refractivity contribution in [3.63, 3.8) is 0 Å². The molecule has 1 amide bonds. The van der Waals surface area contributed by atoms with Crippen molar-refractivity contribution in [2.24, 2.45) is 0 Å². The van der Waals surface area contributed by atoms with Crippen LogP contribution in [-0.2, 0) is 4.79 Å². The zero-order valence-corrected chi connectivity index (χ0v) is 17.6. The molecule has 0 atom stereocenters. The molecule has 0 aliphatic carbocycles. The van der Waals surface area contributed by atoms with E-state index in [4.69, 9.17) is 28.2 Å². The molecule has 1 saturated heterocycles. The van der Waals surface area contributed by atoms with Crippen LogP contribution in [0.25, 0.3) is 17.4 Å². The van der Waals surface area contributed by atoms with Crippen LogP contribution in [0.15, 0.2) is 63.9 Å². The van der Waals surface area contributed by atoms with Crippen molar-refractivity contribution in [2.75, 3.05) is 4.90 Å². The summed E-state index contributed by atoms with van der Waals surface area (Å²) in [4.78, 5) is 15.1. The Balaban J connectivity index is 1.64. The second-order valence-corrected chi connectivity index (χ2v) is 8.57. The van der Waals surface area contributed by atoms with Gasteiger partial charge in [0.1, 0.15) is 11.5 Å². The van der Waals surface area contributed by atoms with Crippen LogP contribution in [0.1, 0.15) is 16.9 Å². The summed E-state index contributed by atoms with van der Waals surface area (Å²) in [6.45, 7) is 4.00. The molecule has 1 fully saturated rings. The maximum Gasteiger partial charge on any atom is 0.270 e. The third-order valence-corrected chi connectivity index (χ3v) is 6.06. The van der Waals surface area contributed by atoms with Gasteiger partial charge in [-0.15, -0.1) is 0 Å². The van der Waals surface area contributed by atoms with Crippen LogP contribution in [0.3, 0.4) is 0 Å². The molecular weight excluding hydrogens is 410 g/mol. The van der Waals surface area contributed by atoms with Crippen LogP contribution in [0.2, 0.25) is 5.02 Å². The molecule has 3 aromatic rings. The summed E-state index contributed by atoms with van der Waals surface area (Å²) < 4.78 is 6.40. The normalized spacial score (nSPS) is 15.7. The minimum absolute atomic E-state index is 0.141. The van der Waals surface area contributed by atoms with Crippen molar-refractivity contribution < 1.29 is 9.21 Å². The second-order valence-electron chi connectivity index (χ2n) is 6.49. The van der Waals surface area contributed by atoms with Crippen LogP contribution in [-0.4, -0.2) is 10.2 Å². The molecule has 28 heavy (non-hydrogen) atoms. The molecule has 3 nitrogen and oxygen atoms in total. The maximum atomic E-state index is 13.0. The molecule has 0 N–H and O–H groups in total. The summed E-state index contributed by atoms with van der Waals surface area (Å²) >= 11 is 13.0. The first-order valence-electron chi connectivity index (χ1n) is 8.64. The largest absolute Gasteiger partial charge is 0.457 e. The number of aryl methyl sites for hydroxylation is 2. The predicted octanol–water partition coefficient (Wildman–Crippen LogP) is 6.62. The maximum absolute atomic E-state index is 13.0. The van der Waals surface area contributed by atoms with E-state index in [-0.39, 0.29) is 5.91 Å². The average molecular weight is 426 g/mol. The number of carbonyl (C=O) groups excluding carboxylic acids is 1. The lowest BCUT2D eigenvalue weighted by molar-refractivity contribution is -0.113. The van der Waals surface area contributed by atoms with E-state index in [1.54, 1.807) is 11.0 Å². The smallest absolute Gasteiger partial charge is 0.270 e. The molecule has 1 aliphatic heterocycles. The minimum Gasteiger partial charge on any atom is -0.457 e. The van der Waals surface area contributed by atoms with Crippen LogP contribution in [0.5, 0.6) is 0 Å². The molecular formula is C22H16ClNO2S2.